The molecule has 17 heavy (non-hydrogen) atoms. The second-order valence-electron chi connectivity index (χ2n) is 4.64. The summed E-state index contributed by atoms with van der Waals surface area (Å²) in [6.07, 6.45) is 0. The fraction of sp³-hybridized carbons (Fsp3) is 0.462. The molecule has 0 aromatic heterocycles. The molecule has 0 heterocycles. The normalized spacial score (nSPS) is 11.4. The summed E-state index contributed by atoms with van der Waals surface area (Å²) < 4.78 is 18.9. The first-order valence-electron chi connectivity index (χ1n) is 5.31. The molecule has 1 N–H and O–H groups in total. The number of ether oxygens (including phenoxy) is 1. The third-order valence-electron chi connectivity index (χ3n) is 3.03. The minimum Gasteiger partial charge on any atom is -0.496 e. The fourth-order valence-electron chi connectivity index (χ4n) is 1.79. The van der Waals surface area contributed by atoms with Crippen molar-refractivity contribution in [2.45, 2.75) is 33.1 Å². The number of carboxylic acid groups (broad SMARTS) is 1. The van der Waals surface area contributed by atoms with Gasteiger partial charge in [-0.15, -0.1) is 0 Å². The van der Waals surface area contributed by atoms with Crippen LogP contribution in [0.5, 0.6) is 5.75 Å². The third-order valence-corrected chi connectivity index (χ3v) is 3.03. The van der Waals surface area contributed by atoms with Crippen LogP contribution < -0.4 is 4.74 Å². The molecule has 0 bridgehead atoms. The van der Waals surface area contributed by atoms with Gasteiger partial charge < -0.3 is 9.84 Å². The molecule has 0 amide bonds. The maximum atomic E-state index is 13.7. The minimum absolute atomic E-state index is 0.306. The van der Waals surface area contributed by atoms with E-state index >= 15 is 0 Å². The van der Waals surface area contributed by atoms with Crippen LogP contribution >= 0.6 is 0 Å². The molecule has 0 saturated heterocycles. The highest BCUT2D eigenvalue weighted by atomic mass is 19.1. The number of halogens is 1. The summed E-state index contributed by atoms with van der Waals surface area (Å²) in [7, 11) is 1.42. The molecule has 3 nitrogen and oxygen atoms in total. The number of hydrogen-bond acceptors (Lipinski definition) is 2. The average molecular weight is 240 g/mol. The van der Waals surface area contributed by atoms with Gasteiger partial charge >= 0.3 is 5.97 Å². The van der Waals surface area contributed by atoms with Crippen molar-refractivity contribution in [3.63, 3.8) is 0 Å². The largest absolute Gasteiger partial charge is 0.496 e. The van der Waals surface area contributed by atoms with Crippen molar-refractivity contribution in [1.29, 1.82) is 0 Å². The van der Waals surface area contributed by atoms with Crippen LogP contribution in [0.3, 0.4) is 0 Å². The molecule has 1 aromatic rings. The van der Waals surface area contributed by atoms with Gasteiger partial charge in [0, 0.05) is 11.1 Å². The van der Waals surface area contributed by atoms with Crippen LogP contribution in [-0.2, 0) is 10.2 Å². The van der Waals surface area contributed by atoms with E-state index in [1.165, 1.54) is 13.2 Å². The molecule has 4 heteroatoms. The molecular weight excluding hydrogens is 223 g/mol. The molecule has 1 rings (SSSR count). The summed E-state index contributed by atoms with van der Waals surface area (Å²) in [4.78, 5) is 11.2. The second kappa shape index (κ2) is 4.35. The van der Waals surface area contributed by atoms with E-state index in [2.05, 4.69) is 0 Å². The van der Waals surface area contributed by atoms with Gasteiger partial charge in [-0.2, -0.15) is 0 Å². The van der Waals surface area contributed by atoms with Crippen LogP contribution in [0.2, 0.25) is 0 Å². The number of aryl methyl sites for hydroxylation is 1. The van der Waals surface area contributed by atoms with E-state index in [0.717, 1.165) is 0 Å². The maximum Gasteiger partial charge on any atom is 0.313 e. The first kappa shape index (κ1) is 13.5. The van der Waals surface area contributed by atoms with E-state index in [0.29, 0.717) is 22.4 Å². The molecule has 0 fully saturated rings. The second-order valence-corrected chi connectivity index (χ2v) is 4.64. The summed E-state index contributed by atoms with van der Waals surface area (Å²) in [5.41, 5.74) is 0.141. The van der Waals surface area contributed by atoms with Crippen LogP contribution in [0.15, 0.2) is 6.07 Å². The Kier molecular flexibility index (Phi) is 3.45. The molecule has 0 saturated carbocycles. The van der Waals surface area contributed by atoms with Gasteiger partial charge in [0.1, 0.15) is 11.6 Å². The Morgan fingerprint density at radius 1 is 1.41 bits per heavy atom. The number of hydrogen-bond donors (Lipinski definition) is 1. The summed E-state index contributed by atoms with van der Waals surface area (Å²) >= 11 is 0. The van der Waals surface area contributed by atoms with Crippen LogP contribution in [0.4, 0.5) is 4.39 Å². The van der Waals surface area contributed by atoms with Gasteiger partial charge in [0.15, 0.2) is 0 Å². The van der Waals surface area contributed by atoms with Crippen LogP contribution in [0.1, 0.15) is 30.5 Å². The molecule has 0 spiro atoms. The summed E-state index contributed by atoms with van der Waals surface area (Å²) in [5, 5.41) is 9.22. The monoisotopic (exact) mass is 240 g/mol. The lowest BCUT2D eigenvalue weighted by atomic mass is 9.82. The molecule has 0 aliphatic carbocycles. The number of benzene rings is 1. The highest BCUT2D eigenvalue weighted by Crippen LogP contribution is 2.36. The third kappa shape index (κ3) is 2.12. The quantitative estimate of drug-likeness (QED) is 0.883. The molecule has 1 aromatic carbocycles. The minimum atomic E-state index is -1.12. The number of methoxy groups -OCH3 is 1. The first-order valence-corrected chi connectivity index (χ1v) is 5.31. The van der Waals surface area contributed by atoms with E-state index in [-0.39, 0.29) is 5.82 Å². The smallest absolute Gasteiger partial charge is 0.313 e. The Bertz CT molecular complexity index is 464. The number of carbonyl (C=O) groups is 1. The highest BCUT2D eigenvalue weighted by molar-refractivity contribution is 5.81. The molecule has 0 aliphatic rings. The van der Waals surface area contributed by atoms with Crippen molar-refractivity contribution in [2.24, 2.45) is 0 Å². The number of rotatable bonds is 3. The Labute approximate surface area is 100 Å². The van der Waals surface area contributed by atoms with Crippen LogP contribution in [0.25, 0.3) is 0 Å². The van der Waals surface area contributed by atoms with Gasteiger partial charge in [0.25, 0.3) is 0 Å². The SMILES string of the molecule is COc1c(C(C)(C)C(=O)O)cc(C)c(F)c1C. The van der Waals surface area contributed by atoms with Gasteiger partial charge in [-0.05, 0) is 39.3 Å². The van der Waals surface area contributed by atoms with Gasteiger partial charge in [-0.25, -0.2) is 4.39 Å². The van der Waals surface area contributed by atoms with Gasteiger partial charge in [-0.3, -0.25) is 4.79 Å². The van der Waals surface area contributed by atoms with Crippen LogP contribution in [-0.4, -0.2) is 18.2 Å². The fourth-order valence-corrected chi connectivity index (χ4v) is 1.79. The zero-order chi connectivity index (χ0) is 13.4. The molecule has 0 aliphatic heterocycles. The standard InChI is InChI=1S/C13H17FO3/c1-7-6-9(13(3,4)12(15)16)11(17-5)8(2)10(7)14/h6H,1-5H3,(H,15,16). The van der Waals surface area contributed by atoms with Gasteiger partial charge in [-0.1, -0.05) is 0 Å². The lowest BCUT2D eigenvalue weighted by Crippen LogP contribution is -2.29. The Morgan fingerprint density at radius 2 is 1.94 bits per heavy atom. The van der Waals surface area contributed by atoms with E-state index in [1.54, 1.807) is 27.7 Å². The van der Waals surface area contributed by atoms with E-state index < -0.39 is 11.4 Å². The van der Waals surface area contributed by atoms with Crippen molar-refractivity contribution < 1.29 is 19.0 Å². The first-order chi connectivity index (χ1) is 7.73. The Balaban J connectivity index is 3.59. The zero-order valence-electron chi connectivity index (χ0n) is 10.7. The van der Waals surface area contributed by atoms with E-state index in [9.17, 15) is 14.3 Å². The summed E-state index contributed by atoms with van der Waals surface area (Å²) in [6, 6.07) is 1.54. The van der Waals surface area contributed by atoms with E-state index in [4.69, 9.17) is 4.74 Å². The lowest BCUT2D eigenvalue weighted by Gasteiger charge is -2.24. The number of aliphatic carboxylic acids is 1. The predicted octanol–water partition coefficient (Wildman–Crippen LogP) is 2.81. The lowest BCUT2D eigenvalue weighted by molar-refractivity contribution is -0.142. The molecule has 0 radical (unpaired) electrons. The topological polar surface area (TPSA) is 46.5 Å². The predicted molar refractivity (Wildman–Crippen MR) is 63.1 cm³/mol. The average Bonchev–Trinajstić information content (AvgIpc) is 2.25. The Morgan fingerprint density at radius 3 is 2.35 bits per heavy atom. The highest BCUT2D eigenvalue weighted by Gasteiger charge is 2.34. The van der Waals surface area contributed by atoms with Crippen molar-refractivity contribution in [2.75, 3.05) is 7.11 Å². The van der Waals surface area contributed by atoms with Crippen molar-refractivity contribution >= 4 is 5.97 Å². The molecular formula is C13H17FO3. The summed E-state index contributed by atoms with van der Waals surface area (Å²) in [5.74, 6) is -1.02. The van der Waals surface area contributed by atoms with E-state index in [1.807, 2.05) is 0 Å². The van der Waals surface area contributed by atoms with Crippen molar-refractivity contribution in [3.05, 3.63) is 28.6 Å². The molecule has 0 unspecified atom stereocenters. The Hall–Kier alpha value is -1.58. The molecule has 0 atom stereocenters. The summed E-state index contributed by atoms with van der Waals surface area (Å²) in [6.45, 7) is 6.35. The van der Waals surface area contributed by atoms with Gasteiger partial charge in [0.2, 0.25) is 0 Å². The van der Waals surface area contributed by atoms with Crippen molar-refractivity contribution in [3.8, 4) is 5.75 Å². The van der Waals surface area contributed by atoms with Crippen molar-refractivity contribution in [1.82, 2.24) is 0 Å². The maximum absolute atomic E-state index is 13.7. The zero-order valence-corrected chi connectivity index (χ0v) is 10.7. The number of carboxylic acids is 1. The van der Waals surface area contributed by atoms with Crippen LogP contribution in [0, 0.1) is 19.7 Å². The molecule has 94 valence electrons. The van der Waals surface area contributed by atoms with Gasteiger partial charge in [0.05, 0.1) is 12.5 Å².